The molecule has 25 heavy (non-hydrogen) atoms. The summed E-state index contributed by atoms with van der Waals surface area (Å²) in [5.41, 5.74) is 2.99. The number of benzene rings is 1. The zero-order valence-electron chi connectivity index (χ0n) is 15.8. The summed E-state index contributed by atoms with van der Waals surface area (Å²) in [7, 11) is 0. The Labute approximate surface area is 154 Å². The number of hydrogen-bond acceptors (Lipinski definition) is 1. The molecule has 1 aromatic carbocycles. The van der Waals surface area contributed by atoms with E-state index in [9.17, 15) is 0 Å². The smallest absolute Gasteiger partial charge is 0.0912 e. The van der Waals surface area contributed by atoms with Gasteiger partial charge in [-0.1, -0.05) is 81.5 Å². The van der Waals surface area contributed by atoms with Crippen molar-refractivity contribution in [3.8, 4) is 6.07 Å². The molecule has 1 aliphatic carbocycles. The van der Waals surface area contributed by atoms with E-state index in [2.05, 4.69) is 37.3 Å². The van der Waals surface area contributed by atoms with Crippen molar-refractivity contribution in [2.45, 2.75) is 71.1 Å². The van der Waals surface area contributed by atoms with E-state index >= 15 is 0 Å². The molecular weight excluding hydrogens is 302 g/mol. The van der Waals surface area contributed by atoms with Crippen molar-refractivity contribution >= 4 is 0 Å². The van der Waals surface area contributed by atoms with E-state index in [1.807, 2.05) is 18.2 Å². The third-order valence-corrected chi connectivity index (χ3v) is 5.53. The lowest BCUT2D eigenvalue weighted by molar-refractivity contribution is 0.254. The van der Waals surface area contributed by atoms with Gasteiger partial charge >= 0.3 is 0 Å². The number of nitrogens with zero attached hydrogens (tertiary/aromatic N) is 1. The highest BCUT2D eigenvalue weighted by atomic mass is 14.3. The molecule has 0 aliphatic heterocycles. The second-order valence-corrected chi connectivity index (χ2v) is 7.49. The molecule has 1 nitrogen and oxygen atoms in total. The van der Waals surface area contributed by atoms with Gasteiger partial charge in [0.05, 0.1) is 6.07 Å². The van der Waals surface area contributed by atoms with Crippen LogP contribution in [0.4, 0.5) is 0 Å². The molecule has 0 atom stereocenters. The van der Waals surface area contributed by atoms with Crippen LogP contribution in [0, 0.1) is 23.2 Å². The lowest BCUT2D eigenvalue weighted by atomic mass is 9.78. The van der Waals surface area contributed by atoms with E-state index in [4.69, 9.17) is 5.26 Å². The monoisotopic (exact) mass is 335 g/mol. The van der Waals surface area contributed by atoms with Crippen molar-refractivity contribution in [3.05, 3.63) is 59.7 Å². The Morgan fingerprint density at radius 1 is 0.920 bits per heavy atom. The van der Waals surface area contributed by atoms with E-state index in [0.717, 1.165) is 18.3 Å². The fourth-order valence-electron chi connectivity index (χ4n) is 3.95. The van der Waals surface area contributed by atoms with Crippen LogP contribution in [0.2, 0.25) is 0 Å². The van der Waals surface area contributed by atoms with Crippen molar-refractivity contribution < 1.29 is 0 Å². The number of hydrogen-bond donors (Lipinski definition) is 0. The molecule has 1 heteroatoms. The van der Waals surface area contributed by atoms with Crippen molar-refractivity contribution in [3.63, 3.8) is 0 Å². The maximum Gasteiger partial charge on any atom is 0.0912 e. The van der Waals surface area contributed by atoms with Crippen molar-refractivity contribution in [1.82, 2.24) is 0 Å². The second kappa shape index (κ2) is 11.7. The van der Waals surface area contributed by atoms with Gasteiger partial charge in [0, 0.05) is 6.08 Å². The summed E-state index contributed by atoms with van der Waals surface area (Å²) in [6, 6.07) is 11.3. The molecule has 0 N–H and O–H groups in total. The van der Waals surface area contributed by atoms with E-state index in [1.54, 1.807) is 0 Å². The summed E-state index contributed by atoms with van der Waals surface area (Å²) in [6.07, 6.45) is 20.7. The van der Waals surface area contributed by atoms with E-state index in [1.165, 1.54) is 75.0 Å². The van der Waals surface area contributed by atoms with Gasteiger partial charge in [0.1, 0.15) is 0 Å². The SMILES string of the molecule is CCCc1ccc(CC[C@H]2CC[C@H](CCC=CC=CC#N)CC2)cc1. The molecule has 2 rings (SSSR count). The van der Waals surface area contributed by atoms with Gasteiger partial charge in [-0.3, -0.25) is 0 Å². The first kappa shape index (κ1) is 19.5. The fourth-order valence-corrected chi connectivity index (χ4v) is 3.95. The molecule has 0 bridgehead atoms. The van der Waals surface area contributed by atoms with Gasteiger partial charge in [0.15, 0.2) is 0 Å². The number of allylic oxidation sites excluding steroid dienone is 4. The molecule has 134 valence electrons. The first-order chi connectivity index (χ1) is 12.3. The summed E-state index contributed by atoms with van der Waals surface area (Å²) in [5.74, 6) is 1.84. The minimum Gasteiger partial charge on any atom is -0.193 e. The fraction of sp³-hybridized carbons (Fsp3) is 0.542. The van der Waals surface area contributed by atoms with Gasteiger partial charge in [-0.25, -0.2) is 0 Å². The molecular formula is C24H33N. The topological polar surface area (TPSA) is 23.8 Å². The highest BCUT2D eigenvalue weighted by Gasteiger charge is 2.20. The van der Waals surface area contributed by atoms with Crippen molar-refractivity contribution in [1.29, 1.82) is 5.26 Å². The van der Waals surface area contributed by atoms with Gasteiger partial charge in [-0.2, -0.15) is 5.26 Å². The second-order valence-electron chi connectivity index (χ2n) is 7.49. The van der Waals surface area contributed by atoms with Gasteiger partial charge in [-0.05, 0) is 55.1 Å². The standard InChI is InChI=1S/C24H33N/c1-2-8-21-10-14-23(15-11-21)18-19-24-16-12-22(13-17-24)9-6-4-3-5-7-20-25/h3-5,7,10-11,14-15,22,24H,2,6,8-9,12-13,16-19H2,1H3/t22-,24-. The van der Waals surface area contributed by atoms with Gasteiger partial charge in [0.25, 0.3) is 0 Å². The summed E-state index contributed by atoms with van der Waals surface area (Å²) >= 11 is 0. The predicted octanol–water partition coefficient (Wildman–Crippen LogP) is 6.79. The summed E-state index contributed by atoms with van der Waals surface area (Å²) < 4.78 is 0. The van der Waals surface area contributed by atoms with E-state index in [-0.39, 0.29) is 0 Å². The molecule has 0 aromatic heterocycles. The maximum absolute atomic E-state index is 8.43. The molecule has 1 aliphatic rings. The highest BCUT2D eigenvalue weighted by molar-refractivity contribution is 5.22. The minimum absolute atomic E-state index is 0.911. The Hall–Kier alpha value is -1.81. The summed E-state index contributed by atoms with van der Waals surface area (Å²) in [5, 5.41) is 8.43. The average molecular weight is 336 g/mol. The maximum atomic E-state index is 8.43. The molecule has 0 radical (unpaired) electrons. The van der Waals surface area contributed by atoms with Crippen LogP contribution < -0.4 is 0 Å². The van der Waals surface area contributed by atoms with Crippen LogP contribution in [0.25, 0.3) is 0 Å². The van der Waals surface area contributed by atoms with Gasteiger partial charge in [0.2, 0.25) is 0 Å². The first-order valence-electron chi connectivity index (χ1n) is 10.1. The van der Waals surface area contributed by atoms with Crippen LogP contribution in [0.15, 0.2) is 48.6 Å². The lowest BCUT2D eigenvalue weighted by Gasteiger charge is -2.28. The average Bonchev–Trinajstić information content (AvgIpc) is 2.65. The third-order valence-electron chi connectivity index (χ3n) is 5.53. The Kier molecular flexibility index (Phi) is 9.13. The Bertz CT molecular complexity index is 565. The summed E-state index contributed by atoms with van der Waals surface area (Å²) in [4.78, 5) is 0. The lowest BCUT2D eigenvalue weighted by Crippen LogP contribution is -2.15. The minimum atomic E-state index is 0.911. The zero-order chi connectivity index (χ0) is 17.7. The van der Waals surface area contributed by atoms with E-state index < -0.39 is 0 Å². The van der Waals surface area contributed by atoms with Crippen LogP contribution in [0.3, 0.4) is 0 Å². The normalized spacial score (nSPS) is 21.0. The van der Waals surface area contributed by atoms with Crippen LogP contribution >= 0.6 is 0 Å². The highest BCUT2D eigenvalue weighted by Crippen LogP contribution is 2.34. The van der Waals surface area contributed by atoms with Gasteiger partial charge < -0.3 is 0 Å². The van der Waals surface area contributed by atoms with Gasteiger partial charge in [-0.15, -0.1) is 0 Å². The van der Waals surface area contributed by atoms with E-state index in [0.29, 0.717) is 0 Å². The van der Waals surface area contributed by atoms with Crippen LogP contribution in [0.5, 0.6) is 0 Å². The first-order valence-corrected chi connectivity index (χ1v) is 10.1. The third kappa shape index (κ3) is 7.74. The Morgan fingerprint density at radius 3 is 2.12 bits per heavy atom. The number of nitriles is 1. The largest absolute Gasteiger partial charge is 0.193 e. The van der Waals surface area contributed by atoms with Crippen molar-refractivity contribution in [2.75, 3.05) is 0 Å². The number of rotatable bonds is 9. The predicted molar refractivity (Wildman–Crippen MR) is 107 cm³/mol. The molecule has 1 aromatic rings. The molecule has 1 fully saturated rings. The van der Waals surface area contributed by atoms with Crippen LogP contribution in [-0.2, 0) is 12.8 Å². The molecule has 0 amide bonds. The number of aryl methyl sites for hydroxylation is 2. The van der Waals surface area contributed by atoms with Crippen LogP contribution in [0.1, 0.15) is 69.4 Å². The van der Waals surface area contributed by atoms with Crippen molar-refractivity contribution in [2.24, 2.45) is 11.8 Å². The zero-order valence-corrected chi connectivity index (χ0v) is 15.8. The molecule has 0 unspecified atom stereocenters. The summed E-state index contributed by atoms with van der Waals surface area (Å²) in [6.45, 7) is 2.24. The van der Waals surface area contributed by atoms with Crippen LogP contribution in [-0.4, -0.2) is 0 Å². The molecule has 0 spiro atoms. The molecule has 1 saturated carbocycles. The molecule has 0 saturated heterocycles. The quantitative estimate of drug-likeness (QED) is 0.360. The Morgan fingerprint density at radius 2 is 1.52 bits per heavy atom. The molecule has 0 heterocycles. The Balaban J connectivity index is 1.61.